The second-order valence-corrected chi connectivity index (χ2v) is 8.97. The summed E-state index contributed by atoms with van der Waals surface area (Å²) in [5, 5.41) is 3.60. The van der Waals surface area contributed by atoms with Gasteiger partial charge in [-0.3, -0.25) is 0 Å². The third-order valence-corrected chi connectivity index (χ3v) is 5.38. The lowest BCUT2D eigenvalue weighted by molar-refractivity contribution is 0.0756. The number of nitrogens with zero attached hydrogens (tertiary/aromatic N) is 1. The van der Waals surface area contributed by atoms with Crippen molar-refractivity contribution in [3.8, 4) is 0 Å². The van der Waals surface area contributed by atoms with Gasteiger partial charge in [-0.25, -0.2) is 0 Å². The summed E-state index contributed by atoms with van der Waals surface area (Å²) in [6.45, 7) is 19.1. The van der Waals surface area contributed by atoms with E-state index in [2.05, 4.69) is 65.7 Å². The van der Waals surface area contributed by atoms with E-state index in [9.17, 15) is 0 Å². The molecule has 3 unspecified atom stereocenters. The Kier molecular flexibility index (Phi) is 7.19. The van der Waals surface area contributed by atoms with Crippen LogP contribution in [0.15, 0.2) is 0 Å². The van der Waals surface area contributed by atoms with Gasteiger partial charge in [0.05, 0.1) is 0 Å². The third kappa shape index (κ3) is 5.90. The van der Waals surface area contributed by atoms with Crippen LogP contribution in [0.25, 0.3) is 0 Å². The Bertz CT molecular complexity index is 290. The van der Waals surface area contributed by atoms with Crippen LogP contribution in [-0.2, 0) is 0 Å². The molecule has 1 fully saturated rings. The maximum Gasteiger partial charge on any atom is 0.0105 e. The van der Waals surface area contributed by atoms with Crippen LogP contribution in [0.3, 0.4) is 0 Å². The standard InChI is InChI=1S/C19H40N2/c1-14(2)12-21(15(3)4)13-16-11-17(19(5,6)7)9-10-18(16)20-8/h14-18,20H,9-13H2,1-8H3. The molecule has 1 rings (SSSR count). The number of nitrogens with one attached hydrogen (secondary N) is 1. The van der Waals surface area contributed by atoms with Crippen molar-refractivity contribution >= 4 is 0 Å². The molecule has 21 heavy (non-hydrogen) atoms. The number of hydrogen-bond acceptors (Lipinski definition) is 2. The molecule has 1 aliphatic carbocycles. The molecule has 0 aliphatic heterocycles. The SMILES string of the molecule is CNC1CCC(C(C)(C)C)CC1CN(CC(C)C)C(C)C. The van der Waals surface area contributed by atoms with Crippen molar-refractivity contribution in [3.05, 3.63) is 0 Å². The molecule has 3 atom stereocenters. The van der Waals surface area contributed by atoms with Gasteiger partial charge in [0.15, 0.2) is 0 Å². The summed E-state index contributed by atoms with van der Waals surface area (Å²) in [6, 6.07) is 1.36. The second-order valence-electron chi connectivity index (χ2n) is 8.97. The molecule has 1 N–H and O–H groups in total. The highest BCUT2D eigenvalue weighted by Gasteiger charge is 2.36. The molecule has 2 heteroatoms. The predicted molar refractivity (Wildman–Crippen MR) is 94.7 cm³/mol. The van der Waals surface area contributed by atoms with E-state index in [0.29, 0.717) is 17.5 Å². The maximum atomic E-state index is 3.60. The van der Waals surface area contributed by atoms with Crippen LogP contribution in [-0.4, -0.2) is 37.1 Å². The minimum atomic E-state index is 0.456. The van der Waals surface area contributed by atoms with Gasteiger partial charge in [0, 0.05) is 25.2 Å². The van der Waals surface area contributed by atoms with E-state index in [1.165, 1.54) is 32.4 Å². The van der Waals surface area contributed by atoms with Crippen molar-refractivity contribution < 1.29 is 0 Å². The quantitative estimate of drug-likeness (QED) is 0.781. The van der Waals surface area contributed by atoms with Gasteiger partial charge in [-0.05, 0) is 63.3 Å². The maximum absolute atomic E-state index is 3.60. The van der Waals surface area contributed by atoms with Gasteiger partial charge in [-0.1, -0.05) is 34.6 Å². The molecule has 0 saturated heterocycles. The molecule has 0 amide bonds. The number of rotatable bonds is 6. The lowest BCUT2D eigenvalue weighted by Gasteiger charge is -2.44. The highest BCUT2D eigenvalue weighted by atomic mass is 15.2. The van der Waals surface area contributed by atoms with E-state index in [1.807, 2.05) is 0 Å². The summed E-state index contributed by atoms with van der Waals surface area (Å²) < 4.78 is 0. The van der Waals surface area contributed by atoms with Crippen molar-refractivity contribution in [1.29, 1.82) is 0 Å². The molecule has 126 valence electrons. The van der Waals surface area contributed by atoms with Gasteiger partial charge in [-0.2, -0.15) is 0 Å². The van der Waals surface area contributed by atoms with Crippen LogP contribution >= 0.6 is 0 Å². The average Bonchev–Trinajstić information content (AvgIpc) is 2.36. The summed E-state index contributed by atoms with van der Waals surface area (Å²) in [7, 11) is 2.15. The average molecular weight is 297 g/mol. The fraction of sp³-hybridized carbons (Fsp3) is 1.00. The monoisotopic (exact) mass is 296 g/mol. The zero-order valence-electron chi connectivity index (χ0n) is 15.9. The minimum Gasteiger partial charge on any atom is -0.317 e. The summed E-state index contributed by atoms with van der Waals surface area (Å²) in [6.07, 6.45) is 4.12. The first-order chi connectivity index (χ1) is 9.65. The van der Waals surface area contributed by atoms with E-state index in [4.69, 9.17) is 0 Å². The molecule has 0 aromatic carbocycles. The van der Waals surface area contributed by atoms with Crippen LogP contribution < -0.4 is 5.32 Å². The summed E-state index contributed by atoms with van der Waals surface area (Å²) in [4.78, 5) is 2.70. The Hall–Kier alpha value is -0.0800. The molecule has 0 aromatic rings. The molecule has 0 heterocycles. The van der Waals surface area contributed by atoms with E-state index in [-0.39, 0.29) is 0 Å². The second kappa shape index (κ2) is 7.97. The molecule has 0 radical (unpaired) electrons. The largest absolute Gasteiger partial charge is 0.317 e. The highest BCUT2D eigenvalue weighted by molar-refractivity contribution is 4.90. The first kappa shape index (κ1) is 19.0. The van der Waals surface area contributed by atoms with Crippen molar-refractivity contribution in [3.63, 3.8) is 0 Å². The van der Waals surface area contributed by atoms with Gasteiger partial charge < -0.3 is 10.2 Å². The van der Waals surface area contributed by atoms with E-state index >= 15 is 0 Å². The Balaban J connectivity index is 2.74. The number of hydrogen-bond donors (Lipinski definition) is 1. The van der Waals surface area contributed by atoms with Crippen LogP contribution in [0.4, 0.5) is 0 Å². The van der Waals surface area contributed by atoms with Gasteiger partial charge in [-0.15, -0.1) is 0 Å². The zero-order valence-corrected chi connectivity index (χ0v) is 15.9. The lowest BCUT2D eigenvalue weighted by atomic mass is 9.67. The fourth-order valence-electron chi connectivity index (χ4n) is 3.90. The van der Waals surface area contributed by atoms with Crippen molar-refractivity contribution in [2.75, 3.05) is 20.1 Å². The lowest BCUT2D eigenvalue weighted by Crippen LogP contribution is -2.48. The summed E-state index contributed by atoms with van der Waals surface area (Å²) >= 11 is 0. The normalized spacial score (nSPS) is 27.9. The van der Waals surface area contributed by atoms with Crippen LogP contribution in [0, 0.1) is 23.2 Å². The van der Waals surface area contributed by atoms with Crippen molar-refractivity contribution in [1.82, 2.24) is 10.2 Å². The molecular weight excluding hydrogens is 256 g/mol. The molecule has 0 aromatic heterocycles. The first-order valence-corrected chi connectivity index (χ1v) is 9.06. The van der Waals surface area contributed by atoms with Crippen molar-refractivity contribution in [2.45, 2.75) is 79.8 Å². The molecule has 0 spiro atoms. The molecule has 0 bridgehead atoms. The van der Waals surface area contributed by atoms with E-state index in [1.54, 1.807) is 0 Å². The van der Waals surface area contributed by atoms with Gasteiger partial charge in [0.1, 0.15) is 0 Å². The Labute approximate surface area is 134 Å². The van der Waals surface area contributed by atoms with Gasteiger partial charge >= 0.3 is 0 Å². The molecule has 1 saturated carbocycles. The van der Waals surface area contributed by atoms with Crippen molar-refractivity contribution in [2.24, 2.45) is 23.2 Å². The van der Waals surface area contributed by atoms with Crippen LogP contribution in [0.5, 0.6) is 0 Å². The minimum absolute atomic E-state index is 0.456. The highest BCUT2D eigenvalue weighted by Crippen LogP contribution is 2.40. The fourth-order valence-corrected chi connectivity index (χ4v) is 3.90. The Morgan fingerprint density at radius 2 is 1.71 bits per heavy atom. The predicted octanol–water partition coefficient (Wildman–Crippen LogP) is 4.40. The Morgan fingerprint density at radius 3 is 2.14 bits per heavy atom. The first-order valence-electron chi connectivity index (χ1n) is 9.06. The molecular formula is C19H40N2. The summed E-state index contributed by atoms with van der Waals surface area (Å²) in [5.41, 5.74) is 0.456. The van der Waals surface area contributed by atoms with Gasteiger partial charge in [0.25, 0.3) is 0 Å². The molecule has 2 nitrogen and oxygen atoms in total. The zero-order chi connectivity index (χ0) is 16.2. The Morgan fingerprint density at radius 1 is 1.10 bits per heavy atom. The van der Waals surface area contributed by atoms with E-state index in [0.717, 1.165) is 17.8 Å². The van der Waals surface area contributed by atoms with E-state index < -0.39 is 0 Å². The summed E-state index contributed by atoms with van der Waals surface area (Å²) in [5.74, 6) is 2.43. The third-order valence-electron chi connectivity index (χ3n) is 5.38. The van der Waals surface area contributed by atoms with Crippen LogP contribution in [0.1, 0.15) is 67.7 Å². The topological polar surface area (TPSA) is 15.3 Å². The van der Waals surface area contributed by atoms with Gasteiger partial charge in [0.2, 0.25) is 0 Å². The smallest absolute Gasteiger partial charge is 0.0105 e. The van der Waals surface area contributed by atoms with Crippen LogP contribution in [0.2, 0.25) is 0 Å². The molecule has 1 aliphatic rings.